The average molecular weight is 343 g/mol. The van der Waals surface area contributed by atoms with Crippen molar-refractivity contribution in [2.45, 2.75) is 12.6 Å². The Hall–Kier alpha value is -2.67. The van der Waals surface area contributed by atoms with Crippen molar-refractivity contribution in [3.05, 3.63) is 54.0 Å². The first kappa shape index (κ1) is 17.2. The molecular formula is C18H22FN5O. The van der Waals surface area contributed by atoms with Crippen LogP contribution in [0.4, 0.5) is 15.9 Å². The Morgan fingerprint density at radius 2 is 2.08 bits per heavy atom. The molecule has 2 heterocycles. The summed E-state index contributed by atoms with van der Waals surface area (Å²) in [5.74, 6) is 0.165. The maximum absolute atomic E-state index is 13.1. The number of rotatable bonds is 5. The van der Waals surface area contributed by atoms with Gasteiger partial charge in [-0.2, -0.15) is 0 Å². The molecule has 1 aliphatic heterocycles. The van der Waals surface area contributed by atoms with E-state index in [4.69, 9.17) is 5.73 Å². The number of benzene rings is 1. The van der Waals surface area contributed by atoms with E-state index < -0.39 is 6.04 Å². The van der Waals surface area contributed by atoms with Crippen molar-refractivity contribution >= 4 is 17.4 Å². The van der Waals surface area contributed by atoms with E-state index in [1.807, 2.05) is 19.2 Å². The summed E-state index contributed by atoms with van der Waals surface area (Å²) in [6.07, 6.45) is 1.73. The van der Waals surface area contributed by atoms with Crippen molar-refractivity contribution < 1.29 is 9.18 Å². The number of carbonyl (C=O) groups is 1. The van der Waals surface area contributed by atoms with Crippen molar-refractivity contribution in [3.63, 3.8) is 0 Å². The lowest BCUT2D eigenvalue weighted by atomic mass is 10.1. The van der Waals surface area contributed by atoms with Gasteiger partial charge in [0.1, 0.15) is 17.7 Å². The first-order chi connectivity index (χ1) is 12.1. The van der Waals surface area contributed by atoms with Gasteiger partial charge in [0, 0.05) is 50.7 Å². The molecule has 1 unspecified atom stereocenters. The van der Waals surface area contributed by atoms with Crippen molar-refractivity contribution in [1.82, 2.24) is 9.88 Å². The summed E-state index contributed by atoms with van der Waals surface area (Å²) in [7, 11) is 1.82. The lowest BCUT2D eigenvalue weighted by Gasteiger charge is -2.41. The number of nitrogens with zero attached hydrogens (tertiary/aromatic N) is 3. The van der Waals surface area contributed by atoms with Crippen molar-refractivity contribution in [3.8, 4) is 0 Å². The van der Waals surface area contributed by atoms with Gasteiger partial charge in [0.05, 0.1) is 0 Å². The zero-order valence-electron chi connectivity index (χ0n) is 14.2. The van der Waals surface area contributed by atoms with E-state index in [2.05, 4.69) is 20.1 Å². The number of carbonyl (C=O) groups excluding carboxylic acids is 1. The van der Waals surface area contributed by atoms with E-state index in [9.17, 15) is 9.18 Å². The normalized spacial score (nSPS) is 18.2. The van der Waals surface area contributed by atoms with Crippen molar-refractivity contribution in [1.29, 1.82) is 0 Å². The molecule has 3 N–H and O–H groups in total. The summed E-state index contributed by atoms with van der Waals surface area (Å²) >= 11 is 0. The number of piperazine rings is 1. The monoisotopic (exact) mass is 343 g/mol. The van der Waals surface area contributed by atoms with Crippen LogP contribution in [0.1, 0.15) is 5.56 Å². The van der Waals surface area contributed by atoms with Crippen LogP contribution in [0.5, 0.6) is 0 Å². The molecular weight excluding hydrogens is 321 g/mol. The zero-order valence-corrected chi connectivity index (χ0v) is 14.2. The van der Waals surface area contributed by atoms with Crippen LogP contribution in [0, 0.1) is 5.82 Å². The number of pyridine rings is 1. The van der Waals surface area contributed by atoms with Gasteiger partial charge in [-0.25, -0.2) is 9.37 Å². The number of aromatic nitrogens is 1. The second-order valence-electron chi connectivity index (χ2n) is 6.07. The van der Waals surface area contributed by atoms with E-state index in [0.29, 0.717) is 19.6 Å². The Labute approximate surface area is 146 Å². The molecule has 0 saturated carbocycles. The van der Waals surface area contributed by atoms with Crippen LogP contribution in [-0.4, -0.2) is 48.5 Å². The third-order valence-electron chi connectivity index (χ3n) is 4.51. The number of nitrogens with one attached hydrogen (secondary N) is 1. The molecule has 1 saturated heterocycles. The molecule has 2 aromatic rings. The Kier molecular flexibility index (Phi) is 5.14. The number of halogens is 1. The Morgan fingerprint density at radius 1 is 1.32 bits per heavy atom. The van der Waals surface area contributed by atoms with Gasteiger partial charge < -0.3 is 16.0 Å². The molecule has 0 spiro atoms. The molecule has 1 aromatic heterocycles. The molecule has 132 valence electrons. The summed E-state index contributed by atoms with van der Waals surface area (Å²) in [5.41, 5.74) is 7.56. The third kappa shape index (κ3) is 3.88. The van der Waals surface area contributed by atoms with Crippen LogP contribution in [0.3, 0.4) is 0 Å². The highest BCUT2D eigenvalue weighted by Gasteiger charge is 2.31. The molecule has 1 fully saturated rings. The topological polar surface area (TPSA) is 74.5 Å². The highest BCUT2D eigenvalue weighted by molar-refractivity contribution is 5.81. The molecule has 1 amide bonds. The quantitative estimate of drug-likeness (QED) is 0.859. The van der Waals surface area contributed by atoms with Crippen molar-refractivity contribution in [2.24, 2.45) is 5.73 Å². The van der Waals surface area contributed by atoms with E-state index >= 15 is 0 Å². The molecule has 6 nitrogen and oxygen atoms in total. The molecule has 1 atom stereocenters. The van der Waals surface area contributed by atoms with Crippen LogP contribution < -0.4 is 16.0 Å². The zero-order chi connectivity index (χ0) is 17.8. The number of amides is 1. The predicted octanol–water partition coefficient (Wildman–Crippen LogP) is 1.44. The standard InChI is InChI=1S/C18H22FN5O/c1-21-18-13(3-2-8-22-18)11-24-10-9-23(12-16(24)17(20)25)15-6-4-14(19)5-7-15/h2-8,16H,9-12H2,1H3,(H2,20,25)(H,21,22). The summed E-state index contributed by atoms with van der Waals surface area (Å²) in [5, 5.41) is 3.07. The van der Waals surface area contributed by atoms with E-state index in [1.165, 1.54) is 12.1 Å². The Morgan fingerprint density at radius 3 is 2.76 bits per heavy atom. The highest BCUT2D eigenvalue weighted by atomic mass is 19.1. The van der Waals surface area contributed by atoms with E-state index in [-0.39, 0.29) is 11.7 Å². The number of nitrogens with two attached hydrogens (primary N) is 1. The number of primary amides is 1. The molecule has 1 aromatic carbocycles. The summed E-state index contributed by atoms with van der Waals surface area (Å²) in [6, 6.07) is 9.76. The molecule has 3 rings (SSSR count). The van der Waals surface area contributed by atoms with Gasteiger partial charge in [-0.05, 0) is 30.3 Å². The number of anilines is 2. The fraction of sp³-hybridized carbons (Fsp3) is 0.333. The van der Waals surface area contributed by atoms with Crippen LogP contribution in [-0.2, 0) is 11.3 Å². The SMILES string of the molecule is CNc1ncccc1CN1CCN(c2ccc(F)cc2)CC1C(N)=O. The van der Waals surface area contributed by atoms with Gasteiger partial charge in [-0.3, -0.25) is 9.69 Å². The van der Waals surface area contributed by atoms with Gasteiger partial charge in [0.25, 0.3) is 0 Å². The maximum atomic E-state index is 13.1. The minimum absolute atomic E-state index is 0.273. The fourth-order valence-corrected chi connectivity index (χ4v) is 3.18. The Balaban J connectivity index is 1.76. The van der Waals surface area contributed by atoms with Crippen LogP contribution in [0.2, 0.25) is 0 Å². The lowest BCUT2D eigenvalue weighted by Crippen LogP contribution is -2.57. The van der Waals surface area contributed by atoms with Crippen LogP contribution >= 0.6 is 0 Å². The summed E-state index contributed by atoms with van der Waals surface area (Å²) in [6.45, 7) is 2.50. The second-order valence-corrected chi connectivity index (χ2v) is 6.07. The molecule has 25 heavy (non-hydrogen) atoms. The molecule has 0 aliphatic carbocycles. The predicted molar refractivity (Wildman–Crippen MR) is 95.8 cm³/mol. The number of hydrogen-bond donors (Lipinski definition) is 2. The van der Waals surface area contributed by atoms with Gasteiger partial charge in [0.2, 0.25) is 5.91 Å². The first-order valence-corrected chi connectivity index (χ1v) is 8.24. The summed E-state index contributed by atoms with van der Waals surface area (Å²) in [4.78, 5) is 20.4. The molecule has 0 bridgehead atoms. The summed E-state index contributed by atoms with van der Waals surface area (Å²) < 4.78 is 13.1. The molecule has 1 aliphatic rings. The largest absolute Gasteiger partial charge is 0.373 e. The average Bonchev–Trinajstić information content (AvgIpc) is 2.63. The molecule has 0 radical (unpaired) electrons. The van der Waals surface area contributed by atoms with E-state index in [1.54, 1.807) is 18.3 Å². The minimum Gasteiger partial charge on any atom is -0.373 e. The molecule has 7 heteroatoms. The van der Waals surface area contributed by atoms with Gasteiger partial charge >= 0.3 is 0 Å². The minimum atomic E-state index is -0.413. The smallest absolute Gasteiger partial charge is 0.236 e. The number of hydrogen-bond acceptors (Lipinski definition) is 5. The van der Waals surface area contributed by atoms with E-state index in [0.717, 1.165) is 23.6 Å². The first-order valence-electron chi connectivity index (χ1n) is 8.24. The third-order valence-corrected chi connectivity index (χ3v) is 4.51. The maximum Gasteiger partial charge on any atom is 0.236 e. The second kappa shape index (κ2) is 7.48. The Bertz CT molecular complexity index is 737. The van der Waals surface area contributed by atoms with Crippen molar-refractivity contribution in [2.75, 3.05) is 36.9 Å². The van der Waals surface area contributed by atoms with Crippen LogP contribution in [0.25, 0.3) is 0 Å². The lowest BCUT2D eigenvalue weighted by molar-refractivity contribution is -0.123. The van der Waals surface area contributed by atoms with Gasteiger partial charge in [-0.1, -0.05) is 6.07 Å². The van der Waals surface area contributed by atoms with Gasteiger partial charge in [0.15, 0.2) is 0 Å². The van der Waals surface area contributed by atoms with Gasteiger partial charge in [-0.15, -0.1) is 0 Å². The highest BCUT2D eigenvalue weighted by Crippen LogP contribution is 2.22. The fourth-order valence-electron chi connectivity index (χ4n) is 3.18. The van der Waals surface area contributed by atoms with Crippen LogP contribution in [0.15, 0.2) is 42.6 Å².